The van der Waals surface area contributed by atoms with Crippen LogP contribution in [0.25, 0.3) is 44.1 Å². The topological polar surface area (TPSA) is 25.4 Å². The number of ether oxygens (including phenoxy) is 1. The Bertz CT molecular complexity index is 2100. The van der Waals surface area contributed by atoms with Gasteiger partial charge in [0.15, 0.2) is 11.5 Å². The van der Waals surface area contributed by atoms with E-state index in [9.17, 15) is 0 Å². The Labute approximate surface area is 245 Å². The fourth-order valence-electron chi connectivity index (χ4n) is 6.19. The van der Waals surface area contributed by atoms with Crippen molar-refractivity contribution >= 4 is 38.7 Å². The van der Waals surface area contributed by atoms with Gasteiger partial charge in [0.2, 0.25) is 0 Å². The van der Waals surface area contributed by atoms with E-state index in [0.29, 0.717) is 0 Å². The Balaban J connectivity index is 1.49. The van der Waals surface area contributed by atoms with Gasteiger partial charge in [-0.05, 0) is 77.7 Å². The maximum absolute atomic E-state index is 6.35. The summed E-state index contributed by atoms with van der Waals surface area (Å²) in [6.45, 7) is 4.31. The Kier molecular flexibility index (Phi) is 5.58. The summed E-state index contributed by atoms with van der Waals surface area (Å²) in [7, 11) is 0. The lowest BCUT2D eigenvalue weighted by molar-refractivity contribution is 0.477. The second kappa shape index (κ2) is 9.60. The highest BCUT2D eigenvalue weighted by molar-refractivity contribution is 6.11. The van der Waals surface area contributed by atoms with E-state index >= 15 is 0 Å². The van der Waals surface area contributed by atoms with E-state index in [0.717, 1.165) is 50.7 Å². The zero-order valence-corrected chi connectivity index (χ0v) is 23.5. The second-order valence-electron chi connectivity index (χ2n) is 10.9. The molecule has 42 heavy (non-hydrogen) atoms. The van der Waals surface area contributed by atoms with E-state index < -0.39 is 0 Å². The molecule has 0 saturated carbocycles. The van der Waals surface area contributed by atoms with Crippen LogP contribution in [0.3, 0.4) is 0 Å². The van der Waals surface area contributed by atoms with Gasteiger partial charge >= 0.3 is 0 Å². The van der Waals surface area contributed by atoms with Gasteiger partial charge in [-0.15, -0.1) is 0 Å². The first-order valence-electron chi connectivity index (χ1n) is 14.3. The second-order valence-corrected chi connectivity index (χ2v) is 10.9. The summed E-state index contributed by atoms with van der Waals surface area (Å²) in [6.07, 6.45) is 0. The van der Waals surface area contributed by atoms with E-state index in [1.807, 2.05) is 24.3 Å². The minimum Gasteiger partial charge on any atom is -0.453 e. The smallest absolute Gasteiger partial charge is 0.151 e. The molecule has 0 amide bonds. The normalized spacial score (nSPS) is 12.2. The SMILES string of the molecule is Cc1ccc(-c2cc(-c3cccc4ccccc34)c3c(C)ccc(N4c5ccccc5Oc5ccccc54)c3n2)cc1. The lowest BCUT2D eigenvalue weighted by Crippen LogP contribution is -2.16. The number of pyridine rings is 1. The highest BCUT2D eigenvalue weighted by Gasteiger charge is 2.28. The van der Waals surface area contributed by atoms with Crippen LogP contribution in [-0.4, -0.2) is 4.98 Å². The van der Waals surface area contributed by atoms with Crippen LogP contribution in [0.2, 0.25) is 0 Å². The van der Waals surface area contributed by atoms with Gasteiger partial charge in [-0.3, -0.25) is 0 Å². The number of anilines is 3. The van der Waals surface area contributed by atoms with Crippen LogP contribution in [0, 0.1) is 13.8 Å². The van der Waals surface area contributed by atoms with Crippen molar-refractivity contribution in [3.63, 3.8) is 0 Å². The maximum atomic E-state index is 6.35. The van der Waals surface area contributed by atoms with Gasteiger partial charge in [0.25, 0.3) is 0 Å². The van der Waals surface area contributed by atoms with Crippen molar-refractivity contribution in [2.45, 2.75) is 13.8 Å². The van der Waals surface area contributed by atoms with Crippen molar-refractivity contribution in [2.24, 2.45) is 0 Å². The highest BCUT2D eigenvalue weighted by atomic mass is 16.5. The number of rotatable bonds is 3. The van der Waals surface area contributed by atoms with E-state index in [4.69, 9.17) is 9.72 Å². The minimum absolute atomic E-state index is 0.828. The number of hydrogen-bond acceptors (Lipinski definition) is 3. The molecule has 3 heteroatoms. The zero-order chi connectivity index (χ0) is 28.2. The van der Waals surface area contributed by atoms with Crippen molar-refractivity contribution in [1.82, 2.24) is 4.98 Å². The summed E-state index contributed by atoms with van der Waals surface area (Å²) in [5.41, 5.74) is 10.8. The molecule has 1 aliphatic rings. The summed E-state index contributed by atoms with van der Waals surface area (Å²) >= 11 is 0. The van der Waals surface area contributed by atoms with E-state index in [1.165, 1.54) is 33.0 Å². The summed E-state index contributed by atoms with van der Waals surface area (Å²) in [6, 6.07) is 47.0. The number of para-hydroxylation sites is 4. The predicted molar refractivity (Wildman–Crippen MR) is 174 cm³/mol. The number of hydrogen-bond donors (Lipinski definition) is 0. The minimum atomic E-state index is 0.828. The molecule has 6 aromatic carbocycles. The number of nitrogens with zero attached hydrogens (tertiary/aromatic N) is 2. The molecule has 2 heterocycles. The first-order chi connectivity index (χ1) is 20.7. The van der Waals surface area contributed by atoms with Crippen LogP contribution >= 0.6 is 0 Å². The molecule has 7 aromatic rings. The molecule has 8 rings (SSSR count). The Morgan fingerprint density at radius 2 is 1.24 bits per heavy atom. The Morgan fingerprint density at radius 1 is 0.571 bits per heavy atom. The number of benzene rings is 6. The molecule has 0 spiro atoms. The fourth-order valence-corrected chi connectivity index (χ4v) is 6.19. The van der Waals surface area contributed by atoms with Gasteiger partial charge in [0, 0.05) is 10.9 Å². The first kappa shape index (κ1) is 24.4. The van der Waals surface area contributed by atoms with Crippen LogP contribution in [0.4, 0.5) is 17.1 Å². The van der Waals surface area contributed by atoms with Crippen molar-refractivity contribution in [2.75, 3.05) is 4.90 Å². The van der Waals surface area contributed by atoms with E-state index in [1.54, 1.807) is 0 Å². The standard InChI is InChI=1S/C39H28N2O/c1-25-18-21-28(22-19-25)32-24-31(30-13-9-11-27-10-3-4-12-29(27)30)38-26(2)20-23-35(39(38)40-32)41-33-14-5-7-16-36(33)42-37-17-8-6-15-34(37)41/h3-24H,1-2H3. The van der Waals surface area contributed by atoms with Crippen LogP contribution in [0.15, 0.2) is 133 Å². The average molecular weight is 541 g/mol. The van der Waals surface area contributed by atoms with Crippen LogP contribution < -0.4 is 9.64 Å². The third-order valence-electron chi connectivity index (χ3n) is 8.25. The molecule has 0 radical (unpaired) electrons. The summed E-state index contributed by atoms with van der Waals surface area (Å²) in [5.74, 6) is 1.66. The quantitative estimate of drug-likeness (QED) is 0.223. The van der Waals surface area contributed by atoms with Gasteiger partial charge in [-0.2, -0.15) is 0 Å². The first-order valence-corrected chi connectivity index (χ1v) is 14.3. The molecule has 0 aliphatic carbocycles. The fraction of sp³-hybridized carbons (Fsp3) is 0.0513. The number of fused-ring (bicyclic) bond motifs is 4. The van der Waals surface area contributed by atoms with Gasteiger partial charge in [0.05, 0.1) is 28.3 Å². The third-order valence-corrected chi connectivity index (χ3v) is 8.25. The average Bonchev–Trinajstić information content (AvgIpc) is 3.04. The van der Waals surface area contributed by atoms with Crippen molar-refractivity contribution in [1.29, 1.82) is 0 Å². The largest absolute Gasteiger partial charge is 0.453 e. The molecule has 1 aromatic heterocycles. The molecule has 0 saturated heterocycles. The summed E-state index contributed by atoms with van der Waals surface area (Å²) in [4.78, 5) is 7.74. The third kappa shape index (κ3) is 3.86. The van der Waals surface area contributed by atoms with E-state index in [2.05, 4.69) is 128 Å². The lowest BCUT2D eigenvalue weighted by Gasteiger charge is -2.33. The van der Waals surface area contributed by atoms with Gasteiger partial charge in [0.1, 0.15) is 0 Å². The summed E-state index contributed by atoms with van der Waals surface area (Å²) < 4.78 is 6.35. The highest BCUT2D eigenvalue weighted by Crippen LogP contribution is 2.52. The van der Waals surface area contributed by atoms with Gasteiger partial charge in [-0.25, -0.2) is 4.98 Å². The van der Waals surface area contributed by atoms with E-state index in [-0.39, 0.29) is 0 Å². The molecule has 0 N–H and O–H groups in total. The van der Waals surface area contributed by atoms with Crippen molar-refractivity contribution in [3.8, 4) is 33.9 Å². The summed E-state index contributed by atoms with van der Waals surface area (Å²) in [5, 5.41) is 3.61. The Morgan fingerprint density at radius 3 is 2.00 bits per heavy atom. The molecule has 0 fully saturated rings. The van der Waals surface area contributed by atoms with Crippen LogP contribution in [0.1, 0.15) is 11.1 Å². The van der Waals surface area contributed by atoms with Crippen LogP contribution in [0.5, 0.6) is 11.5 Å². The maximum Gasteiger partial charge on any atom is 0.151 e. The number of aryl methyl sites for hydroxylation is 2. The predicted octanol–water partition coefficient (Wildman–Crippen LogP) is 10.9. The van der Waals surface area contributed by atoms with Crippen molar-refractivity contribution in [3.05, 3.63) is 145 Å². The molecule has 3 nitrogen and oxygen atoms in total. The van der Waals surface area contributed by atoms with Gasteiger partial charge < -0.3 is 9.64 Å². The molecule has 0 atom stereocenters. The lowest BCUT2D eigenvalue weighted by atomic mass is 9.91. The Hall–Kier alpha value is -5.41. The molecule has 0 unspecified atom stereocenters. The zero-order valence-electron chi connectivity index (χ0n) is 23.5. The van der Waals surface area contributed by atoms with Gasteiger partial charge in [-0.1, -0.05) is 103 Å². The molecule has 0 bridgehead atoms. The van der Waals surface area contributed by atoms with Crippen LogP contribution in [-0.2, 0) is 0 Å². The molecule has 200 valence electrons. The molecular formula is C39H28N2O. The monoisotopic (exact) mass is 540 g/mol. The van der Waals surface area contributed by atoms with Crippen molar-refractivity contribution < 1.29 is 4.74 Å². The molecule has 1 aliphatic heterocycles. The molecular weight excluding hydrogens is 512 g/mol. The number of aromatic nitrogens is 1.